The fraction of sp³-hybridized carbons (Fsp3) is 0.181. The van der Waals surface area contributed by atoms with Gasteiger partial charge in [0.05, 0.1) is 26.9 Å². The highest BCUT2D eigenvalue weighted by Crippen LogP contribution is 2.37. The number of nitro groups is 2. The van der Waals surface area contributed by atoms with Crippen molar-refractivity contribution in [1.29, 1.82) is 0 Å². The van der Waals surface area contributed by atoms with Gasteiger partial charge in [-0.2, -0.15) is 0 Å². The third kappa shape index (κ3) is 14.2. The molecule has 19 nitrogen and oxygen atoms in total. The van der Waals surface area contributed by atoms with Crippen LogP contribution in [0.1, 0.15) is 98.2 Å². The summed E-state index contributed by atoms with van der Waals surface area (Å²) in [5, 5.41) is 24.2. The highest BCUT2D eigenvalue weighted by Gasteiger charge is 2.24. The van der Waals surface area contributed by atoms with Crippen LogP contribution >= 0.6 is 0 Å². The summed E-state index contributed by atoms with van der Waals surface area (Å²) in [4.78, 5) is 85.2. The van der Waals surface area contributed by atoms with E-state index in [-0.39, 0.29) is 22.1 Å². The third-order valence-corrected chi connectivity index (χ3v) is 16.5. The lowest BCUT2D eigenvalue weighted by atomic mass is 10.0. The third-order valence-electron chi connectivity index (χ3n) is 16.5. The second kappa shape index (κ2) is 28.1. The molecule has 15 rings (SSSR count). The first-order valence-corrected chi connectivity index (χ1v) is 30.5. The van der Waals surface area contributed by atoms with Crippen LogP contribution in [0.2, 0.25) is 0 Å². The van der Waals surface area contributed by atoms with Crippen molar-refractivity contribution in [2.24, 2.45) is 0 Å². The number of aromatic nitrogens is 9. The smallest absolute Gasteiger partial charge is 0.269 e. The number of aryl methyl sites for hydroxylation is 7. The van der Waals surface area contributed by atoms with E-state index in [0.29, 0.717) is 29.3 Å². The number of halogens is 2. The minimum absolute atomic E-state index is 0.0726. The average molecular weight is 1240 g/mol. The van der Waals surface area contributed by atoms with Gasteiger partial charge < -0.3 is 11.1 Å². The lowest BCUT2D eigenvalue weighted by Gasteiger charge is -2.13. The summed E-state index contributed by atoms with van der Waals surface area (Å²) in [5.74, 6) is -0.577. The van der Waals surface area contributed by atoms with E-state index in [1.54, 1.807) is 67.5 Å². The van der Waals surface area contributed by atoms with Crippen LogP contribution in [0.5, 0.6) is 0 Å². The summed E-state index contributed by atoms with van der Waals surface area (Å²) >= 11 is 0. The number of carbonyl (C=O) groups is 2. The van der Waals surface area contributed by atoms with Gasteiger partial charge in [0.25, 0.3) is 17.3 Å². The molecule has 0 aliphatic heterocycles. The number of non-ortho nitro benzene ring substituents is 2. The number of nitrogens with zero attached hydrogens (tertiary/aromatic N) is 11. The number of Topliss-reactive ketones (excluding diaryl/α,β-unsaturated/α-hetero) is 1. The maximum Gasteiger partial charge on any atom is 0.269 e. The number of hydrogen-bond donors (Lipinski definition) is 2. The van der Waals surface area contributed by atoms with E-state index in [2.05, 4.69) is 47.4 Å². The molecular formula is C72H59F2N13O6. The number of amides is 1. The Kier molecular flexibility index (Phi) is 18.6. The summed E-state index contributed by atoms with van der Waals surface area (Å²) < 4.78 is 27.9. The highest BCUT2D eigenvalue weighted by molar-refractivity contribution is 6.05. The molecule has 0 saturated heterocycles. The number of nitrogen functional groups attached to an aromatic ring is 1. The summed E-state index contributed by atoms with van der Waals surface area (Å²) in [7, 11) is 0. The number of nitrogens with two attached hydrogens (primary N) is 1. The van der Waals surface area contributed by atoms with Crippen molar-refractivity contribution in [3.05, 3.63) is 265 Å². The number of nitro benzene ring substituents is 2. The maximum atomic E-state index is 14.0. The van der Waals surface area contributed by atoms with Gasteiger partial charge in [-0.25, -0.2) is 38.7 Å². The Balaban J connectivity index is 0.000000123. The van der Waals surface area contributed by atoms with Crippen molar-refractivity contribution in [3.63, 3.8) is 0 Å². The van der Waals surface area contributed by atoms with Crippen LogP contribution in [0.25, 0.3) is 67.9 Å². The molecule has 0 unspecified atom stereocenters. The molecule has 0 spiro atoms. The molecule has 93 heavy (non-hydrogen) atoms. The fourth-order valence-electron chi connectivity index (χ4n) is 11.9. The van der Waals surface area contributed by atoms with Crippen LogP contribution in [0.3, 0.4) is 0 Å². The number of hydrogen-bond acceptors (Lipinski definition) is 16. The van der Waals surface area contributed by atoms with E-state index < -0.39 is 28.0 Å². The van der Waals surface area contributed by atoms with Gasteiger partial charge in [0, 0.05) is 137 Å². The lowest BCUT2D eigenvalue weighted by molar-refractivity contribution is -0.385. The SMILES string of the molecule is Nc1ccc2c(c1)CCCc1cnc(-c3cccnc3)nc1-2.O=C(Nc1ccc2c(c1)CCCc1cnc(-c3cccnc3)nc1-2)c1c(F)cccc1F.O=C1CCCCc2cc([N+](=O)[O-])ccc21.O=[N+]([O-])c1ccc2c(c1)CCCc1cnc(-c3cccnc3)nc1-2. The van der Waals surface area contributed by atoms with Crippen LogP contribution in [0.15, 0.2) is 183 Å². The van der Waals surface area contributed by atoms with Crippen LogP contribution in [-0.2, 0) is 44.9 Å². The van der Waals surface area contributed by atoms with E-state index in [1.807, 2.05) is 73.2 Å². The van der Waals surface area contributed by atoms with Gasteiger partial charge in [-0.1, -0.05) is 18.2 Å². The molecule has 0 fully saturated rings. The number of pyridine rings is 3. The van der Waals surface area contributed by atoms with Crippen molar-refractivity contribution in [3.8, 4) is 67.9 Å². The number of anilines is 2. The number of carbonyl (C=O) groups excluding carboxylic acids is 2. The van der Waals surface area contributed by atoms with Gasteiger partial charge in [0.2, 0.25) is 0 Å². The highest BCUT2D eigenvalue weighted by atomic mass is 19.1. The summed E-state index contributed by atoms with van der Waals surface area (Å²) in [6.45, 7) is 0. The van der Waals surface area contributed by atoms with E-state index >= 15 is 0 Å². The number of rotatable bonds is 7. The summed E-state index contributed by atoms with van der Waals surface area (Å²) in [6, 6.07) is 35.8. The van der Waals surface area contributed by atoms with Crippen LogP contribution in [0, 0.1) is 31.9 Å². The van der Waals surface area contributed by atoms with Crippen molar-refractivity contribution >= 4 is 34.4 Å². The Morgan fingerprint density at radius 3 is 1.30 bits per heavy atom. The number of ketones is 1. The second-order valence-corrected chi connectivity index (χ2v) is 22.7. The zero-order valence-electron chi connectivity index (χ0n) is 50.2. The van der Waals surface area contributed by atoms with Crippen molar-refractivity contribution in [1.82, 2.24) is 44.9 Å². The molecule has 0 atom stereocenters. The average Bonchev–Trinajstić information content (AvgIpc) is 1.90. The molecule has 4 aliphatic rings. The van der Waals surface area contributed by atoms with Crippen molar-refractivity contribution < 1.29 is 28.2 Å². The molecule has 11 aromatic rings. The first-order valence-electron chi connectivity index (χ1n) is 30.5. The van der Waals surface area contributed by atoms with Crippen LogP contribution in [-0.4, -0.2) is 66.4 Å². The molecule has 6 aromatic heterocycles. The van der Waals surface area contributed by atoms with E-state index in [9.17, 15) is 38.6 Å². The molecule has 3 N–H and O–H groups in total. The Hall–Kier alpha value is -11.6. The standard InChI is InChI=1S/C25H18F2N4O.C18H14N4O2.C18H16N4.C11H11NO3/c26-20-7-2-8-21(27)22(20)25(32)30-18-9-10-19-15(12-18)4-1-5-16-14-29-24(31-23(16)19)17-6-3-11-28-13-17;23-22(24)15-6-7-16-12(9-15)3-1-4-13-11-20-18(21-17(13)16)14-5-2-8-19-10-14;19-15-6-7-16-12(9-15)3-1-4-13-11-21-18(22-17(13)16)14-5-2-8-20-10-14;13-11-4-2-1-3-8-7-9(12(14)15)5-6-10(8)11/h2-3,6-14H,1,4-5H2,(H,30,32);2,5-11H,1,3-4H2;2,5-11H,1,3-4,19H2;5-7H,1-4H2. The number of fused-ring (bicyclic) bond motifs is 10. The van der Waals surface area contributed by atoms with Crippen molar-refractivity contribution in [2.75, 3.05) is 11.1 Å². The molecule has 1 amide bonds. The molecule has 0 radical (unpaired) electrons. The zero-order valence-corrected chi connectivity index (χ0v) is 50.2. The topological polar surface area (TPSA) is 274 Å². The maximum absolute atomic E-state index is 14.0. The lowest BCUT2D eigenvalue weighted by Crippen LogP contribution is -2.16. The van der Waals surface area contributed by atoms with Gasteiger partial charge >= 0.3 is 0 Å². The summed E-state index contributed by atoms with van der Waals surface area (Å²) in [5.41, 5.74) is 23.4. The normalized spacial score (nSPS) is 13.2. The molecule has 4 aliphatic carbocycles. The Bertz CT molecular complexity index is 4620. The molecule has 0 saturated carbocycles. The predicted molar refractivity (Wildman–Crippen MR) is 349 cm³/mol. The van der Waals surface area contributed by atoms with E-state index in [1.165, 1.54) is 34.9 Å². The number of benzene rings is 5. The molecule has 6 heterocycles. The van der Waals surface area contributed by atoms with E-state index in [0.717, 1.165) is 173 Å². The van der Waals surface area contributed by atoms with Gasteiger partial charge in [-0.05, 0) is 201 Å². The Morgan fingerprint density at radius 1 is 0.441 bits per heavy atom. The largest absolute Gasteiger partial charge is 0.399 e. The molecule has 0 bridgehead atoms. The minimum atomic E-state index is -0.897. The minimum Gasteiger partial charge on any atom is -0.399 e. The molecule has 21 heteroatoms. The Labute approximate surface area is 532 Å². The Morgan fingerprint density at radius 2 is 0.839 bits per heavy atom. The summed E-state index contributed by atoms with van der Waals surface area (Å²) in [6.07, 6.45) is 27.4. The first-order chi connectivity index (χ1) is 45.3. The van der Waals surface area contributed by atoms with Crippen LogP contribution in [0.4, 0.5) is 31.5 Å². The molecule has 5 aromatic carbocycles. The second-order valence-electron chi connectivity index (χ2n) is 22.7. The van der Waals surface area contributed by atoms with Gasteiger partial charge in [0.15, 0.2) is 23.3 Å². The zero-order chi connectivity index (χ0) is 64.4. The molecule has 462 valence electrons. The van der Waals surface area contributed by atoms with Gasteiger partial charge in [0.1, 0.15) is 17.2 Å². The van der Waals surface area contributed by atoms with Crippen molar-refractivity contribution in [2.45, 2.75) is 83.5 Å². The predicted octanol–water partition coefficient (Wildman–Crippen LogP) is 14.6. The fourth-order valence-corrected chi connectivity index (χ4v) is 11.9. The van der Waals surface area contributed by atoms with Gasteiger partial charge in [-0.15, -0.1) is 0 Å². The number of nitrogens with one attached hydrogen (secondary N) is 1. The van der Waals surface area contributed by atoms with E-state index in [4.69, 9.17) is 20.7 Å². The van der Waals surface area contributed by atoms with Crippen LogP contribution < -0.4 is 11.1 Å². The van der Waals surface area contributed by atoms with Gasteiger partial charge in [-0.3, -0.25) is 44.8 Å². The monoisotopic (exact) mass is 1240 g/mol. The molecular weight excluding hydrogens is 1180 g/mol. The first kappa shape index (κ1) is 61.6. The quantitative estimate of drug-likeness (QED) is 0.0649.